The maximum absolute atomic E-state index is 13.8. The lowest BCUT2D eigenvalue weighted by molar-refractivity contribution is -0.279. The first-order valence-corrected chi connectivity index (χ1v) is 15.0. The maximum Gasteiger partial charge on any atom is 0.202 e. The molecule has 0 unspecified atom stereocenters. The molecule has 2 aliphatic carbocycles. The molecule has 0 bridgehead atoms. The van der Waals surface area contributed by atoms with Crippen LogP contribution in [0.15, 0.2) is 18.2 Å². The highest BCUT2D eigenvalue weighted by Crippen LogP contribution is 2.52. The Morgan fingerprint density at radius 3 is 2.51 bits per heavy atom. The number of aliphatic hydroxyl groups is 2. The van der Waals surface area contributed by atoms with Gasteiger partial charge in [0.2, 0.25) is 5.78 Å². The van der Waals surface area contributed by atoms with Gasteiger partial charge in [-0.25, -0.2) is 0 Å². The minimum absolute atomic E-state index is 0.0183. The van der Waals surface area contributed by atoms with Crippen LogP contribution in [0.25, 0.3) is 0 Å². The van der Waals surface area contributed by atoms with Gasteiger partial charge in [-0.1, -0.05) is 12.1 Å². The number of aromatic hydroxyl groups is 2. The van der Waals surface area contributed by atoms with Crippen LogP contribution in [-0.4, -0.2) is 108 Å². The predicted molar refractivity (Wildman–Crippen MR) is 154 cm³/mol. The number of fused-ring (bicyclic) bond motifs is 3. The minimum atomic E-state index is -1.05. The Bertz CT molecular complexity index is 1520. The number of hydrogen-bond acceptors (Lipinski definition) is 13. The van der Waals surface area contributed by atoms with E-state index in [-0.39, 0.29) is 64.1 Å². The van der Waals surface area contributed by atoms with E-state index in [0.29, 0.717) is 26.0 Å². The fraction of sp³-hybridized carbons (Fsp3) is 0.531. The van der Waals surface area contributed by atoms with Gasteiger partial charge in [-0.3, -0.25) is 19.3 Å². The van der Waals surface area contributed by atoms with Crippen LogP contribution in [-0.2, 0) is 30.2 Å². The third-order valence-corrected chi connectivity index (χ3v) is 9.33. The van der Waals surface area contributed by atoms with Crippen molar-refractivity contribution in [3.63, 3.8) is 0 Å². The Hall–Kier alpha value is -3.43. The molecule has 0 saturated carbocycles. The second-order valence-electron chi connectivity index (χ2n) is 11.9. The van der Waals surface area contributed by atoms with E-state index >= 15 is 0 Å². The summed E-state index contributed by atoms with van der Waals surface area (Å²) in [5.41, 5.74) is -0.564. The Labute approximate surface area is 259 Å². The number of Topliss-reactive ketones (excluding diaryl/α,β-unsaturated/α-hetero) is 1. The zero-order valence-electron chi connectivity index (χ0n) is 25.2. The number of rotatable bonds is 7. The van der Waals surface area contributed by atoms with Gasteiger partial charge < -0.3 is 44.1 Å². The summed E-state index contributed by atoms with van der Waals surface area (Å²) in [7, 11) is 2.81. The number of morpholine rings is 1. The Morgan fingerprint density at radius 1 is 1.04 bits per heavy atom. The number of nitrogens with zero attached hydrogens (tertiary/aromatic N) is 1. The van der Waals surface area contributed by atoms with E-state index in [0.717, 1.165) is 0 Å². The van der Waals surface area contributed by atoms with Crippen LogP contribution in [0.2, 0.25) is 0 Å². The van der Waals surface area contributed by atoms with Crippen molar-refractivity contribution in [3.8, 4) is 17.2 Å². The summed E-state index contributed by atoms with van der Waals surface area (Å²) in [6, 6.07) is 4.33. The molecule has 0 spiro atoms. The van der Waals surface area contributed by atoms with Gasteiger partial charge in [-0.15, -0.1) is 0 Å². The maximum atomic E-state index is 13.8. The number of aliphatic hydroxyl groups excluding tert-OH is 2. The smallest absolute Gasteiger partial charge is 0.202 e. The molecule has 2 aromatic rings. The molecule has 0 aromatic heterocycles. The van der Waals surface area contributed by atoms with Gasteiger partial charge in [0.1, 0.15) is 23.9 Å². The lowest BCUT2D eigenvalue weighted by Crippen LogP contribution is -2.58. The van der Waals surface area contributed by atoms with Crippen LogP contribution in [0.3, 0.4) is 0 Å². The number of methoxy groups -OCH3 is 2. The Kier molecular flexibility index (Phi) is 8.69. The fourth-order valence-corrected chi connectivity index (χ4v) is 7.23. The molecule has 6 rings (SSSR count). The van der Waals surface area contributed by atoms with Crippen molar-refractivity contribution in [2.24, 2.45) is 5.92 Å². The molecule has 45 heavy (non-hydrogen) atoms. The molecule has 2 saturated heterocycles. The van der Waals surface area contributed by atoms with Gasteiger partial charge in [0.05, 0.1) is 42.6 Å². The largest absolute Gasteiger partial charge is 0.507 e. The summed E-state index contributed by atoms with van der Waals surface area (Å²) >= 11 is 0. The molecule has 2 aromatic carbocycles. The summed E-state index contributed by atoms with van der Waals surface area (Å²) in [6.45, 7) is 1.92. The van der Waals surface area contributed by atoms with Crippen molar-refractivity contribution in [2.45, 2.75) is 69.7 Å². The number of phenolic OH excluding ortho intramolecular Hbond substituents is 2. The molecule has 4 N–H and O–H groups in total. The van der Waals surface area contributed by atoms with Crippen LogP contribution in [0.1, 0.15) is 75.3 Å². The molecule has 242 valence electrons. The molecule has 2 heterocycles. The molecular weight excluding hydrogens is 590 g/mol. The third-order valence-electron chi connectivity index (χ3n) is 9.33. The van der Waals surface area contributed by atoms with Gasteiger partial charge >= 0.3 is 0 Å². The standard InChI is InChI=1S/C32H37NO12/c1-14-9-16(33-7-8-43-32(42-3)31(33)40)12-22(44-14)45-21-11-15(19(35)13-34)10-18-24(21)30(39)26-25(28(18)37)27(36)17-5-4-6-20(41-2)23(17)29(26)38/h4-6,14-16,21-22,31-32,34,37,39-40H,7-13H2,1-3H3/t14-,15+,16+,21-,22-,31+,32-/m0/s1. The summed E-state index contributed by atoms with van der Waals surface area (Å²) in [5.74, 6) is -3.58. The van der Waals surface area contributed by atoms with E-state index < -0.39 is 66.3 Å². The topological polar surface area (TPSA) is 182 Å². The van der Waals surface area contributed by atoms with Crippen molar-refractivity contribution in [2.75, 3.05) is 34.0 Å². The molecular formula is C32H37NO12. The van der Waals surface area contributed by atoms with Crippen LogP contribution in [0.4, 0.5) is 0 Å². The summed E-state index contributed by atoms with van der Waals surface area (Å²) in [4.78, 5) is 42.2. The van der Waals surface area contributed by atoms with Crippen LogP contribution in [0.5, 0.6) is 17.2 Å². The lowest BCUT2D eigenvalue weighted by atomic mass is 9.73. The molecule has 0 amide bonds. The summed E-state index contributed by atoms with van der Waals surface area (Å²) < 4.78 is 28.7. The normalized spacial score (nSPS) is 29.9. The molecule has 13 heteroatoms. The van der Waals surface area contributed by atoms with E-state index in [1.54, 1.807) is 6.07 Å². The second-order valence-corrected chi connectivity index (χ2v) is 11.9. The van der Waals surface area contributed by atoms with Crippen molar-refractivity contribution < 1.29 is 58.5 Å². The number of ketones is 3. The number of phenols is 2. The highest BCUT2D eigenvalue weighted by atomic mass is 16.7. The van der Waals surface area contributed by atoms with E-state index in [2.05, 4.69) is 0 Å². The average Bonchev–Trinajstić information content (AvgIpc) is 3.03. The lowest BCUT2D eigenvalue weighted by Gasteiger charge is -2.46. The van der Waals surface area contributed by atoms with Crippen LogP contribution < -0.4 is 4.74 Å². The highest BCUT2D eigenvalue weighted by Gasteiger charge is 2.46. The number of carbonyl (C=O) groups is 3. The average molecular weight is 628 g/mol. The van der Waals surface area contributed by atoms with E-state index in [1.165, 1.54) is 26.4 Å². The SMILES string of the molecule is COc1cccc2c1C(=O)c1c(O)c3c(c(O)c1C2=O)C[C@@H](C(=O)CO)C[C@@H]3O[C@H]1C[C@H](N2CCO[C@H](OC)[C@H]2O)C[C@H](C)O1. The first-order valence-electron chi connectivity index (χ1n) is 15.0. The molecule has 7 atom stereocenters. The summed E-state index contributed by atoms with van der Waals surface area (Å²) in [5, 5.41) is 43.8. The Morgan fingerprint density at radius 2 is 1.80 bits per heavy atom. The quantitative estimate of drug-likeness (QED) is 0.278. The van der Waals surface area contributed by atoms with Gasteiger partial charge in [0.15, 0.2) is 30.4 Å². The highest BCUT2D eigenvalue weighted by molar-refractivity contribution is 6.31. The second kappa shape index (κ2) is 12.4. The molecule has 0 radical (unpaired) electrons. The number of benzene rings is 2. The number of ether oxygens (including phenoxy) is 5. The fourth-order valence-electron chi connectivity index (χ4n) is 7.23. The molecule has 2 fully saturated rings. The third kappa shape index (κ3) is 5.31. The van der Waals surface area contributed by atoms with Gasteiger partial charge in [-0.2, -0.15) is 0 Å². The predicted octanol–water partition coefficient (Wildman–Crippen LogP) is 1.58. The van der Waals surface area contributed by atoms with E-state index in [1.807, 2.05) is 11.8 Å². The zero-order chi connectivity index (χ0) is 32.2. The van der Waals surface area contributed by atoms with Crippen LogP contribution >= 0.6 is 0 Å². The van der Waals surface area contributed by atoms with Crippen molar-refractivity contribution in [3.05, 3.63) is 51.6 Å². The first kappa shape index (κ1) is 31.5. The first-order chi connectivity index (χ1) is 21.6. The van der Waals surface area contributed by atoms with Gasteiger partial charge in [0.25, 0.3) is 0 Å². The van der Waals surface area contributed by atoms with Gasteiger partial charge in [-0.05, 0) is 32.3 Å². The number of carbonyl (C=O) groups excluding carboxylic acids is 3. The molecule has 2 aliphatic heterocycles. The van der Waals surface area contributed by atoms with Crippen molar-refractivity contribution in [1.82, 2.24) is 4.90 Å². The zero-order valence-corrected chi connectivity index (χ0v) is 25.2. The molecule has 4 aliphatic rings. The monoisotopic (exact) mass is 627 g/mol. The minimum Gasteiger partial charge on any atom is -0.507 e. The molecule has 13 nitrogen and oxygen atoms in total. The van der Waals surface area contributed by atoms with Crippen molar-refractivity contribution >= 4 is 17.3 Å². The Balaban J connectivity index is 1.39. The van der Waals surface area contributed by atoms with Crippen molar-refractivity contribution in [1.29, 1.82) is 0 Å². The summed E-state index contributed by atoms with van der Waals surface area (Å²) in [6.07, 6.45) is -3.23. The number of hydrogen-bond donors (Lipinski definition) is 4. The van der Waals surface area contributed by atoms with E-state index in [4.69, 9.17) is 23.7 Å². The van der Waals surface area contributed by atoms with Crippen LogP contribution in [0, 0.1) is 5.92 Å². The van der Waals surface area contributed by atoms with Gasteiger partial charge in [0, 0.05) is 48.7 Å². The van der Waals surface area contributed by atoms with E-state index in [9.17, 15) is 34.8 Å².